The summed E-state index contributed by atoms with van der Waals surface area (Å²) in [5.74, 6) is 0.286. The average Bonchev–Trinajstić information content (AvgIpc) is 2.92. The normalized spacial score (nSPS) is 12.1. The predicted octanol–water partition coefficient (Wildman–Crippen LogP) is 2.64. The third-order valence-corrected chi connectivity index (χ3v) is 3.02. The second-order valence-electron chi connectivity index (χ2n) is 4.06. The minimum Gasteiger partial charge on any atom is -0.345 e. The number of aromatic nitrogens is 2. The highest BCUT2D eigenvalue weighted by atomic mass is 35.5. The molecule has 2 rings (SSSR count). The molecule has 1 unspecified atom stereocenters. The maximum absolute atomic E-state index is 12.0. The Balaban J connectivity index is 2.07. The van der Waals surface area contributed by atoms with E-state index in [1.807, 2.05) is 19.1 Å². The number of hydrogen-bond acceptors (Lipinski definition) is 2. The number of H-pyrrole nitrogens is 1. The molecule has 5 heteroatoms. The number of aromatic amines is 1. The molecule has 94 valence electrons. The van der Waals surface area contributed by atoms with Gasteiger partial charge in [0.2, 0.25) is 0 Å². The summed E-state index contributed by atoms with van der Waals surface area (Å²) in [4.78, 5) is 12.0. The lowest BCUT2D eigenvalue weighted by molar-refractivity contribution is 0.0940. The van der Waals surface area contributed by atoms with E-state index in [0.717, 1.165) is 11.1 Å². The van der Waals surface area contributed by atoms with Crippen molar-refractivity contribution in [2.24, 2.45) is 0 Å². The zero-order valence-corrected chi connectivity index (χ0v) is 10.7. The fraction of sp³-hybridized carbons (Fsp3) is 0.231. The molecule has 1 aromatic heterocycles. The van der Waals surface area contributed by atoms with Crippen molar-refractivity contribution < 1.29 is 4.79 Å². The number of nitrogens with zero attached hydrogens (tertiary/aromatic N) is 1. The van der Waals surface area contributed by atoms with Gasteiger partial charge in [0.1, 0.15) is 0 Å². The van der Waals surface area contributed by atoms with Crippen LogP contribution in [-0.4, -0.2) is 16.1 Å². The number of alkyl halides is 1. The van der Waals surface area contributed by atoms with Crippen LogP contribution < -0.4 is 5.32 Å². The molecule has 0 spiro atoms. The monoisotopic (exact) mass is 263 g/mol. The zero-order chi connectivity index (χ0) is 13.0. The van der Waals surface area contributed by atoms with Crippen molar-refractivity contribution >= 4 is 17.5 Å². The standard InChI is InChI=1S/C13H14ClN3O/c1-9(12-7-15-16-8-12)17-13(18)11-4-2-3-10(5-11)6-14/h2-5,7-9H,6H2,1H3,(H,15,16)(H,17,18). The number of carbonyl (C=O) groups excluding carboxylic acids is 1. The van der Waals surface area contributed by atoms with Gasteiger partial charge in [-0.2, -0.15) is 5.10 Å². The number of hydrogen-bond donors (Lipinski definition) is 2. The molecular weight excluding hydrogens is 250 g/mol. The molecule has 18 heavy (non-hydrogen) atoms. The molecule has 0 radical (unpaired) electrons. The third kappa shape index (κ3) is 2.90. The second kappa shape index (κ2) is 5.69. The van der Waals surface area contributed by atoms with Crippen LogP contribution in [0.5, 0.6) is 0 Å². The first kappa shape index (κ1) is 12.6. The minimum atomic E-state index is -0.115. The lowest BCUT2D eigenvalue weighted by Crippen LogP contribution is -2.26. The van der Waals surface area contributed by atoms with Crippen LogP contribution in [0.1, 0.15) is 34.5 Å². The molecule has 0 saturated carbocycles. The Morgan fingerprint density at radius 2 is 2.39 bits per heavy atom. The maximum atomic E-state index is 12.0. The third-order valence-electron chi connectivity index (χ3n) is 2.71. The van der Waals surface area contributed by atoms with Crippen LogP contribution in [0.4, 0.5) is 0 Å². The van der Waals surface area contributed by atoms with Crippen LogP contribution in [0, 0.1) is 0 Å². The van der Waals surface area contributed by atoms with Crippen LogP contribution in [0.3, 0.4) is 0 Å². The van der Waals surface area contributed by atoms with E-state index in [1.54, 1.807) is 24.5 Å². The number of benzene rings is 1. The topological polar surface area (TPSA) is 57.8 Å². The zero-order valence-electron chi connectivity index (χ0n) is 9.98. The molecular formula is C13H14ClN3O. The van der Waals surface area contributed by atoms with Gasteiger partial charge in [-0.3, -0.25) is 9.89 Å². The average molecular weight is 264 g/mol. The fourth-order valence-corrected chi connectivity index (χ4v) is 1.82. The molecule has 1 amide bonds. The van der Waals surface area contributed by atoms with Crippen molar-refractivity contribution in [3.8, 4) is 0 Å². The first-order valence-electron chi connectivity index (χ1n) is 5.65. The van der Waals surface area contributed by atoms with E-state index < -0.39 is 0 Å². The second-order valence-corrected chi connectivity index (χ2v) is 4.33. The molecule has 1 aromatic carbocycles. The lowest BCUT2D eigenvalue weighted by Gasteiger charge is -2.12. The van der Waals surface area contributed by atoms with Gasteiger partial charge in [0.25, 0.3) is 5.91 Å². The van der Waals surface area contributed by atoms with Crippen molar-refractivity contribution in [1.82, 2.24) is 15.5 Å². The van der Waals surface area contributed by atoms with Crippen molar-refractivity contribution in [2.45, 2.75) is 18.8 Å². The summed E-state index contributed by atoms with van der Waals surface area (Å²) >= 11 is 5.75. The fourth-order valence-electron chi connectivity index (χ4n) is 1.66. The highest BCUT2D eigenvalue weighted by Crippen LogP contribution is 2.12. The number of carbonyl (C=O) groups is 1. The van der Waals surface area contributed by atoms with E-state index >= 15 is 0 Å². The van der Waals surface area contributed by atoms with Crippen molar-refractivity contribution in [3.63, 3.8) is 0 Å². The van der Waals surface area contributed by atoms with Gasteiger partial charge >= 0.3 is 0 Å². The molecule has 0 aliphatic rings. The number of nitrogens with one attached hydrogen (secondary N) is 2. The van der Waals surface area contributed by atoms with E-state index in [1.165, 1.54) is 0 Å². The van der Waals surface area contributed by atoms with Gasteiger partial charge in [0, 0.05) is 23.2 Å². The highest BCUT2D eigenvalue weighted by Gasteiger charge is 2.12. The van der Waals surface area contributed by atoms with Crippen LogP contribution in [-0.2, 0) is 5.88 Å². The Bertz CT molecular complexity index is 525. The molecule has 0 aliphatic heterocycles. The first-order chi connectivity index (χ1) is 8.70. The summed E-state index contributed by atoms with van der Waals surface area (Å²) in [6.07, 6.45) is 3.46. The maximum Gasteiger partial charge on any atom is 0.251 e. The van der Waals surface area contributed by atoms with Crippen LogP contribution in [0.25, 0.3) is 0 Å². The minimum absolute atomic E-state index is 0.0871. The van der Waals surface area contributed by atoms with Gasteiger partial charge in [-0.25, -0.2) is 0 Å². The predicted molar refractivity (Wildman–Crippen MR) is 70.5 cm³/mol. The van der Waals surface area contributed by atoms with Crippen LogP contribution >= 0.6 is 11.6 Å². The molecule has 2 aromatic rings. The lowest BCUT2D eigenvalue weighted by atomic mass is 10.1. The molecule has 4 nitrogen and oxygen atoms in total. The molecule has 0 aliphatic carbocycles. The van der Waals surface area contributed by atoms with E-state index in [4.69, 9.17) is 11.6 Å². The molecule has 0 saturated heterocycles. The van der Waals surface area contributed by atoms with Crippen molar-refractivity contribution in [2.75, 3.05) is 0 Å². The molecule has 2 N–H and O–H groups in total. The Labute approximate surface area is 110 Å². The highest BCUT2D eigenvalue weighted by molar-refractivity contribution is 6.17. The molecule has 1 heterocycles. The van der Waals surface area contributed by atoms with Gasteiger partial charge in [-0.05, 0) is 24.6 Å². The summed E-state index contributed by atoms with van der Waals surface area (Å²) in [6.45, 7) is 1.91. The van der Waals surface area contributed by atoms with Gasteiger partial charge in [0.05, 0.1) is 12.2 Å². The largest absolute Gasteiger partial charge is 0.345 e. The summed E-state index contributed by atoms with van der Waals surface area (Å²) in [6, 6.07) is 7.20. The molecule has 1 atom stereocenters. The Morgan fingerprint density at radius 1 is 1.56 bits per heavy atom. The van der Waals surface area contributed by atoms with E-state index in [2.05, 4.69) is 15.5 Å². The van der Waals surface area contributed by atoms with Crippen LogP contribution in [0.15, 0.2) is 36.7 Å². The Morgan fingerprint density at radius 3 is 3.06 bits per heavy atom. The SMILES string of the molecule is CC(NC(=O)c1cccc(CCl)c1)c1cn[nH]c1. The van der Waals surface area contributed by atoms with Crippen molar-refractivity contribution in [1.29, 1.82) is 0 Å². The van der Waals surface area contributed by atoms with Gasteiger partial charge in [-0.1, -0.05) is 12.1 Å². The van der Waals surface area contributed by atoms with Crippen LogP contribution in [0.2, 0.25) is 0 Å². The molecule has 0 bridgehead atoms. The summed E-state index contributed by atoms with van der Waals surface area (Å²) < 4.78 is 0. The first-order valence-corrected chi connectivity index (χ1v) is 6.18. The van der Waals surface area contributed by atoms with Crippen molar-refractivity contribution in [3.05, 3.63) is 53.3 Å². The summed E-state index contributed by atoms with van der Waals surface area (Å²) in [5, 5.41) is 9.49. The van der Waals surface area contributed by atoms with E-state index in [0.29, 0.717) is 11.4 Å². The summed E-state index contributed by atoms with van der Waals surface area (Å²) in [5.41, 5.74) is 2.49. The van der Waals surface area contributed by atoms with E-state index in [-0.39, 0.29) is 11.9 Å². The Hall–Kier alpha value is -1.81. The van der Waals surface area contributed by atoms with E-state index in [9.17, 15) is 4.79 Å². The van der Waals surface area contributed by atoms with Gasteiger partial charge in [0.15, 0.2) is 0 Å². The smallest absolute Gasteiger partial charge is 0.251 e. The number of halogens is 1. The van der Waals surface area contributed by atoms with Gasteiger partial charge in [-0.15, -0.1) is 11.6 Å². The quantitative estimate of drug-likeness (QED) is 0.833. The molecule has 0 fully saturated rings. The van der Waals surface area contributed by atoms with Gasteiger partial charge < -0.3 is 5.32 Å². The number of amides is 1. The Kier molecular flexibility index (Phi) is 3.99. The summed E-state index contributed by atoms with van der Waals surface area (Å²) in [7, 11) is 0. The number of rotatable bonds is 4.